The van der Waals surface area contributed by atoms with Crippen molar-refractivity contribution in [3.63, 3.8) is 0 Å². The quantitative estimate of drug-likeness (QED) is 0.759. The maximum absolute atomic E-state index is 11.5. The van der Waals surface area contributed by atoms with Crippen molar-refractivity contribution in [1.29, 1.82) is 0 Å². The van der Waals surface area contributed by atoms with Crippen LogP contribution in [0.2, 0.25) is 0 Å². The van der Waals surface area contributed by atoms with Crippen molar-refractivity contribution in [1.82, 2.24) is 19.5 Å². The van der Waals surface area contributed by atoms with Gasteiger partial charge in [0.05, 0.1) is 0 Å². The van der Waals surface area contributed by atoms with Gasteiger partial charge >= 0.3 is 0 Å². The third kappa shape index (κ3) is 3.59. The van der Waals surface area contributed by atoms with Crippen LogP contribution in [0.3, 0.4) is 0 Å². The molecule has 3 aromatic rings. The Labute approximate surface area is 134 Å². The zero-order chi connectivity index (χ0) is 16.2. The number of hydrogen-bond donors (Lipinski definition) is 1. The largest absolute Gasteiger partial charge is 0.458 e. The molecule has 0 radical (unpaired) electrons. The molecular weight excluding hydrogens is 292 g/mol. The predicted octanol–water partition coefficient (Wildman–Crippen LogP) is 2.73. The number of nitrogens with zero attached hydrogens (tertiary/aromatic N) is 3. The van der Waals surface area contributed by atoms with Crippen molar-refractivity contribution < 1.29 is 4.42 Å². The molecule has 0 spiro atoms. The summed E-state index contributed by atoms with van der Waals surface area (Å²) < 4.78 is 7.85. The van der Waals surface area contributed by atoms with Gasteiger partial charge in [0.15, 0.2) is 11.6 Å². The van der Waals surface area contributed by atoms with E-state index >= 15 is 0 Å². The van der Waals surface area contributed by atoms with Crippen LogP contribution < -0.4 is 5.56 Å². The lowest BCUT2D eigenvalue weighted by molar-refractivity contribution is 0.510. The highest BCUT2D eigenvalue weighted by Crippen LogP contribution is 2.21. The van der Waals surface area contributed by atoms with E-state index in [4.69, 9.17) is 4.42 Å². The van der Waals surface area contributed by atoms with E-state index in [1.165, 1.54) is 6.07 Å². The Morgan fingerprint density at radius 2 is 2.17 bits per heavy atom. The SMILES string of the molecule is CCCc1ccc(-c2nccn2CCc2nc(C)cc(=O)[nH]2)o1. The predicted molar refractivity (Wildman–Crippen MR) is 87.2 cm³/mol. The molecule has 0 aliphatic heterocycles. The molecule has 3 aromatic heterocycles. The van der Waals surface area contributed by atoms with E-state index < -0.39 is 0 Å². The summed E-state index contributed by atoms with van der Waals surface area (Å²) in [5.74, 6) is 3.22. The van der Waals surface area contributed by atoms with Gasteiger partial charge < -0.3 is 14.0 Å². The van der Waals surface area contributed by atoms with Crippen LogP contribution in [0.1, 0.15) is 30.6 Å². The molecule has 0 saturated heterocycles. The van der Waals surface area contributed by atoms with E-state index in [9.17, 15) is 4.79 Å². The molecule has 0 bridgehead atoms. The average Bonchev–Trinajstić information content (AvgIpc) is 3.13. The fourth-order valence-corrected chi connectivity index (χ4v) is 2.58. The third-order valence-corrected chi connectivity index (χ3v) is 3.60. The van der Waals surface area contributed by atoms with Crippen LogP contribution in [-0.4, -0.2) is 19.5 Å². The van der Waals surface area contributed by atoms with Crippen molar-refractivity contribution in [2.24, 2.45) is 0 Å². The minimum Gasteiger partial charge on any atom is -0.458 e. The first-order chi connectivity index (χ1) is 11.2. The molecule has 0 atom stereocenters. The van der Waals surface area contributed by atoms with Crippen LogP contribution in [0.4, 0.5) is 0 Å². The van der Waals surface area contributed by atoms with E-state index in [0.29, 0.717) is 18.8 Å². The number of hydrogen-bond acceptors (Lipinski definition) is 4. The monoisotopic (exact) mass is 312 g/mol. The number of aryl methyl sites for hydroxylation is 4. The van der Waals surface area contributed by atoms with Crippen molar-refractivity contribution in [2.75, 3.05) is 0 Å². The Bertz CT molecular complexity index is 844. The van der Waals surface area contributed by atoms with E-state index in [-0.39, 0.29) is 5.56 Å². The molecule has 0 saturated carbocycles. The van der Waals surface area contributed by atoms with Crippen molar-refractivity contribution >= 4 is 0 Å². The number of aromatic amines is 1. The first kappa shape index (κ1) is 15.3. The summed E-state index contributed by atoms with van der Waals surface area (Å²) >= 11 is 0. The molecule has 0 aromatic carbocycles. The first-order valence-corrected chi connectivity index (χ1v) is 7.83. The molecule has 0 aliphatic carbocycles. The molecule has 6 heteroatoms. The van der Waals surface area contributed by atoms with Gasteiger partial charge in [0, 0.05) is 43.5 Å². The number of rotatable bonds is 6. The van der Waals surface area contributed by atoms with Crippen LogP contribution in [0.5, 0.6) is 0 Å². The summed E-state index contributed by atoms with van der Waals surface area (Å²) in [6, 6.07) is 5.44. The molecule has 0 aliphatic rings. The lowest BCUT2D eigenvalue weighted by Gasteiger charge is -2.06. The summed E-state index contributed by atoms with van der Waals surface area (Å²) in [6.07, 6.45) is 6.26. The highest BCUT2D eigenvalue weighted by atomic mass is 16.3. The Kier molecular flexibility index (Phi) is 4.41. The molecule has 3 rings (SSSR count). The minimum absolute atomic E-state index is 0.117. The Balaban J connectivity index is 1.76. The van der Waals surface area contributed by atoms with Gasteiger partial charge in [0.25, 0.3) is 5.56 Å². The van der Waals surface area contributed by atoms with Crippen LogP contribution in [-0.2, 0) is 19.4 Å². The second-order valence-electron chi connectivity index (χ2n) is 5.54. The molecular formula is C17H20N4O2. The van der Waals surface area contributed by atoms with Crippen LogP contribution in [0.25, 0.3) is 11.6 Å². The van der Waals surface area contributed by atoms with Crippen molar-refractivity contribution in [3.05, 3.63) is 58.2 Å². The molecule has 3 heterocycles. The average molecular weight is 312 g/mol. The zero-order valence-electron chi connectivity index (χ0n) is 13.4. The van der Waals surface area contributed by atoms with Crippen LogP contribution >= 0.6 is 0 Å². The summed E-state index contributed by atoms with van der Waals surface area (Å²) in [4.78, 5) is 23.0. The topological polar surface area (TPSA) is 76.7 Å². The normalized spacial score (nSPS) is 11.0. The molecule has 0 fully saturated rings. The smallest absolute Gasteiger partial charge is 0.251 e. The van der Waals surface area contributed by atoms with Gasteiger partial charge in [-0.05, 0) is 25.5 Å². The molecule has 6 nitrogen and oxygen atoms in total. The molecule has 1 N–H and O–H groups in total. The molecule has 0 amide bonds. The maximum Gasteiger partial charge on any atom is 0.251 e. The van der Waals surface area contributed by atoms with Gasteiger partial charge in [0.1, 0.15) is 11.6 Å². The second kappa shape index (κ2) is 6.64. The highest BCUT2D eigenvalue weighted by molar-refractivity contribution is 5.47. The van der Waals surface area contributed by atoms with E-state index in [2.05, 4.69) is 21.9 Å². The summed E-state index contributed by atoms with van der Waals surface area (Å²) in [5.41, 5.74) is 0.610. The van der Waals surface area contributed by atoms with Gasteiger partial charge in [0.2, 0.25) is 0 Å². The molecule has 0 unspecified atom stereocenters. The van der Waals surface area contributed by atoms with Gasteiger partial charge in [-0.1, -0.05) is 6.92 Å². The van der Waals surface area contributed by atoms with E-state index in [1.54, 1.807) is 6.20 Å². The first-order valence-electron chi connectivity index (χ1n) is 7.83. The standard InChI is InChI=1S/C17H20N4O2/c1-3-4-13-5-6-14(23-13)17-18-8-10-21(17)9-7-15-19-12(2)11-16(22)20-15/h5-6,8,10-11H,3-4,7,9H2,1-2H3,(H,19,20,22). The van der Waals surface area contributed by atoms with Crippen LogP contribution in [0.15, 0.2) is 39.8 Å². The number of nitrogens with one attached hydrogen (secondary N) is 1. The number of H-pyrrole nitrogens is 1. The Hall–Kier alpha value is -2.63. The molecule has 120 valence electrons. The number of aromatic nitrogens is 4. The van der Waals surface area contributed by atoms with Crippen molar-refractivity contribution in [2.45, 2.75) is 39.7 Å². The fourth-order valence-electron chi connectivity index (χ4n) is 2.58. The van der Waals surface area contributed by atoms with E-state index in [1.807, 2.05) is 29.8 Å². The van der Waals surface area contributed by atoms with Crippen LogP contribution in [0, 0.1) is 6.92 Å². The molecule has 23 heavy (non-hydrogen) atoms. The fraction of sp³-hybridized carbons (Fsp3) is 0.353. The Morgan fingerprint density at radius 3 is 2.96 bits per heavy atom. The minimum atomic E-state index is -0.117. The second-order valence-corrected chi connectivity index (χ2v) is 5.54. The lowest BCUT2D eigenvalue weighted by atomic mass is 10.3. The third-order valence-electron chi connectivity index (χ3n) is 3.60. The Morgan fingerprint density at radius 1 is 1.30 bits per heavy atom. The van der Waals surface area contributed by atoms with Gasteiger partial charge in [-0.3, -0.25) is 4.79 Å². The number of furan rings is 1. The summed E-state index contributed by atoms with van der Waals surface area (Å²) in [5, 5.41) is 0. The summed E-state index contributed by atoms with van der Waals surface area (Å²) in [6.45, 7) is 4.61. The maximum atomic E-state index is 11.5. The van der Waals surface area contributed by atoms with E-state index in [0.717, 1.165) is 35.9 Å². The van der Waals surface area contributed by atoms with Crippen molar-refractivity contribution in [3.8, 4) is 11.6 Å². The number of imidazole rings is 1. The lowest BCUT2D eigenvalue weighted by Crippen LogP contribution is -2.13. The van der Waals surface area contributed by atoms with Gasteiger partial charge in [-0.2, -0.15) is 0 Å². The highest BCUT2D eigenvalue weighted by Gasteiger charge is 2.11. The van der Waals surface area contributed by atoms with Gasteiger partial charge in [-0.25, -0.2) is 9.97 Å². The zero-order valence-corrected chi connectivity index (χ0v) is 13.4. The van der Waals surface area contributed by atoms with Gasteiger partial charge in [-0.15, -0.1) is 0 Å². The summed E-state index contributed by atoms with van der Waals surface area (Å²) in [7, 11) is 0.